The fraction of sp³-hybridized carbons (Fsp3) is 0.667. The monoisotopic (exact) mass is 273 g/mol. The van der Waals surface area contributed by atoms with Gasteiger partial charge in [0.2, 0.25) is 0 Å². The van der Waals surface area contributed by atoms with Gasteiger partial charge in [-0.05, 0) is 37.2 Å². The van der Waals surface area contributed by atoms with E-state index in [4.69, 9.17) is 4.74 Å². The fourth-order valence-corrected chi connectivity index (χ4v) is 4.06. The molecule has 0 amide bonds. The third kappa shape index (κ3) is 2.51. The molecule has 2 fully saturated rings. The predicted octanol–water partition coefficient (Wildman–Crippen LogP) is 4.37. The smallest absolute Gasteiger partial charge is 0.114 e. The van der Waals surface area contributed by atoms with Crippen LogP contribution < -0.4 is 0 Å². The first-order valence-electron chi connectivity index (χ1n) is 8.29. The lowest BCUT2D eigenvalue weighted by atomic mass is 9.86. The lowest BCUT2D eigenvalue weighted by molar-refractivity contribution is -0.0703. The normalized spacial score (nSPS) is 34.1. The first-order valence-corrected chi connectivity index (χ1v) is 8.29. The first kappa shape index (κ1) is 14.1. The lowest BCUT2D eigenvalue weighted by Gasteiger charge is -2.43. The van der Waals surface area contributed by atoms with Crippen molar-refractivity contribution in [2.45, 2.75) is 64.3 Å². The van der Waals surface area contributed by atoms with E-state index < -0.39 is 0 Å². The third-order valence-corrected chi connectivity index (χ3v) is 5.10. The van der Waals surface area contributed by atoms with Crippen LogP contribution in [0.3, 0.4) is 0 Å². The average Bonchev–Trinajstić information content (AvgIpc) is 2.94. The Morgan fingerprint density at radius 2 is 1.95 bits per heavy atom. The molecule has 110 valence electrons. The van der Waals surface area contributed by atoms with Gasteiger partial charge >= 0.3 is 0 Å². The van der Waals surface area contributed by atoms with Crippen molar-refractivity contribution in [2.24, 2.45) is 5.92 Å². The van der Waals surface area contributed by atoms with Crippen molar-refractivity contribution in [3.8, 4) is 0 Å². The van der Waals surface area contributed by atoms with Crippen LogP contribution in [0.1, 0.15) is 57.6 Å². The Bertz CT molecular complexity index is 419. The molecule has 2 heteroatoms. The molecule has 2 saturated heterocycles. The molecule has 0 bridgehead atoms. The molecule has 3 rings (SSSR count). The second-order valence-electron chi connectivity index (χ2n) is 6.29. The molecule has 2 heterocycles. The van der Waals surface area contributed by atoms with Crippen LogP contribution in [0.5, 0.6) is 0 Å². The highest BCUT2D eigenvalue weighted by molar-refractivity contribution is 5.21. The first-order chi connectivity index (χ1) is 9.85. The Labute approximate surface area is 123 Å². The maximum Gasteiger partial charge on any atom is 0.114 e. The molecular formula is C18H27NO. The molecule has 0 radical (unpaired) electrons. The van der Waals surface area contributed by atoms with Gasteiger partial charge < -0.3 is 4.74 Å². The molecule has 4 atom stereocenters. The number of nitrogens with zero attached hydrogens (tertiary/aromatic N) is 1. The van der Waals surface area contributed by atoms with Crippen molar-refractivity contribution in [1.29, 1.82) is 0 Å². The molecule has 0 N–H and O–H groups in total. The van der Waals surface area contributed by atoms with E-state index in [-0.39, 0.29) is 0 Å². The number of hydrogen-bond donors (Lipinski definition) is 0. The van der Waals surface area contributed by atoms with E-state index in [1.807, 2.05) is 0 Å². The van der Waals surface area contributed by atoms with Crippen LogP contribution in [0.4, 0.5) is 0 Å². The van der Waals surface area contributed by atoms with E-state index in [9.17, 15) is 0 Å². The highest BCUT2D eigenvalue weighted by Crippen LogP contribution is 2.43. The fourth-order valence-electron chi connectivity index (χ4n) is 4.06. The second-order valence-corrected chi connectivity index (χ2v) is 6.29. The van der Waals surface area contributed by atoms with Gasteiger partial charge in [0.25, 0.3) is 0 Å². The molecule has 20 heavy (non-hydrogen) atoms. The summed E-state index contributed by atoms with van der Waals surface area (Å²) in [4.78, 5) is 2.70. The van der Waals surface area contributed by atoms with Crippen LogP contribution in [-0.2, 0) is 4.74 Å². The zero-order chi connectivity index (χ0) is 13.9. The Morgan fingerprint density at radius 1 is 1.15 bits per heavy atom. The summed E-state index contributed by atoms with van der Waals surface area (Å²) in [6, 6.07) is 12.1. The van der Waals surface area contributed by atoms with E-state index in [0.717, 1.165) is 12.5 Å². The van der Waals surface area contributed by atoms with Gasteiger partial charge in [-0.3, -0.25) is 4.90 Å². The van der Waals surface area contributed by atoms with E-state index in [1.165, 1.54) is 37.7 Å². The summed E-state index contributed by atoms with van der Waals surface area (Å²) in [5, 5.41) is 0. The minimum Gasteiger partial charge on any atom is -0.361 e. The van der Waals surface area contributed by atoms with Crippen molar-refractivity contribution in [2.75, 3.05) is 6.61 Å². The molecule has 0 unspecified atom stereocenters. The molecule has 0 saturated carbocycles. The Morgan fingerprint density at radius 3 is 2.65 bits per heavy atom. The topological polar surface area (TPSA) is 12.5 Å². The summed E-state index contributed by atoms with van der Waals surface area (Å²) >= 11 is 0. The number of ether oxygens (including phenoxy) is 1. The van der Waals surface area contributed by atoms with Crippen molar-refractivity contribution < 1.29 is 4.74 Å². The average molecular weight is 273 g/mol. The van der Waals surface area contributed by atoms with Crippen molar-refractivity contribution in [3.05, 3.63) is 35.9 Å². The van der Waals surface area contributed by atoms with E-state index in [1.54, 1.807) is 0 Å². The van der Waals surface area contributed by atoms with Crippen LogP contribution in [0.15, 0.2) is 30.3 Å². The molecule has 1 aromatic carbocycles. The molecule has 0 aliphatic carbocycles. The van der Waals surface area contributed by atoms with Gasteiger partial charge in [-0.1, -0.05) is 50.6 Å². The molecule has 0 spiro atoms. The van der Waals surface area contributed by atoms with Gasteiger partial charge in [0.15, 0.2) is 0 Å². The minimum atomic E-state index is 0.357. The van der Waals surface area contributed by atoms with Crippen LogP contribution in [0.2, 0.25) is 0 Å². The molecule has 0 aromatic heterocycles. The highest BCUT2D eigenvalue weighted by atomic mass is 16.5. The third-order valence-electron chi connectivity index (χ3n) is 5.10. The maximum atomic E-state index is 6.23. The SMILES string of the molecule is CCC[C@H]1CC[C@@H](CC)[C@@H]2OC[C@@H](c3ccccc3)N12. The van der Waals surface area contributed by atoms with Crippen LogP contribution in [-0.4, -0.2) is 23.8 Å². The Hall–Kier alpha value is -0.860. The largest absolute Gasteiger partial charge is 0.361 e. The quantitative estimate of drug-likeness (QED) is 0.807. The van der Waals surface area contributed by atoms with E-state index in [2.05, 4.69) is 49.1 Å². The molecule has 2 nitrogen and oxygen atoms in total. The van der Waals surface area contributed by atoms with Gasteiger partial charge in [0.05, 0.1) is 12.6 Å². The van der Waals surface area contributed by atoms with Gasteiger partial charge in [-0.25, -0.2) is 0 Å². The van der Waals surface area contributed by atoms with Gasteiger partial charge in [0, 0.05) is 6.04 Å². The number of hydrogen-bond acceptors (Lipinski definition) is 2. The molecular weight excluding hydrogens is 246 g/mol. The molecule has 1 aromatic rings. The number of fused-ring (bicyclic) bond motifs is 1. The highest BCUT2D eigenvalue weighted by Gasteiger charge is 2.45. The summed E-state index contributed by atoms with van der Waals surface area (Å²) in [5.74, 6) is 0.719. The van der Waals surface area contributed by atoms with Crippen LogP contribution >= 0.6 is 0 Å². The minimum absolute atomic E-state index is 0.357. The van der Waals surface area contributed by atoms with Crippen LogP contribution in [0, 0.1) is 5.92 Å². The van der Waals surface area contributed by atoms with Crippen LogP contribution in [0.25, 0.3) is 0 Å². The maximum absolute atomic E-state index is 6.23. The van der Waals surface area contributed by atoms with E-state index >= 15 is 0 Å². The number of benzene rings is 1. The Balaban J connectivity index is 1.86. The zero-order valence-electron chi connectivity index (χ0n) is 12.8. The van der Waals surface area contributed by atoms with E-state index in [0.29, 0.717) is 18.3 Å². The van der Waals surface area contributed by atoms with Gasteiger partial charge in [0.1, 0.15) is 6.23 Å². The van der Waals surface area contributed by atoms with Gasteiger partial charge in [-0.15, -0.1) is 0 Å². The molecule has 2 aliphatic heterocycles. The standard InChI is InChI=1S/C18H27NO/c1-3-8-16-12-11-14(4-2)18-19(16)17(13-20-18)15-9-6-5-7-10-15/h5-7,9-10,14,16-18H,3-4,8,11-13H2,1-2H3/t14-,16+,17+,18+/m1/s1. The summed E-state index contributed by atoms with van der Waals surface area (Å²) in [7, 11) is 0. The predicted molar refractivity (Wildman–Crippen MR) is 82.5 cm³/mol. The van der Waals surface area contributed by atoms with Gasteiger partial charge in [-0.2, -0.15) is 0 Å². The number of rotatable bonds is 4. The van der Waals surface area contributed by atoms with Crippen molar-refractivity contribution >= 4 is 0 Å². The van der Waals surface area contributed by atoms with Crippen molar-refractivity contribution in [1.82, 2.24) is 4.90 Å². The van der Waals surface area contributed by atoms with Crippen molar-refractivity contribution in [3.63, 3.8) is 0 Å². The summed E-state index contributed by atoms with van der Waals surface area (Å²) in [5.41, 5.74) is 1.42. The lowest BCUT2D eigenvalue weighted by Crippen LogP contribution is -2.48. The number of piperidine rings is 1. The summed E-state index contributed by atoms with van der Waals surface area (Å²) in [6.07, 6.45) is 6.85. The Kier molecular flexibility index (Phi) is 4.42. The zero-order valence-corrected chi connectivity index (χ0v) is 12.8. The second kappa shape index (κ2) is 6.28. The summed E-state index contributed by atoms with van der Waals surface area (Å²) < 4.78 is 6.23. The molecule has 2 aliphatic rings. The summed E-state index contributed by atoms with van der Waals surface area (Å²) in [6.45, 7) is 5.48.